The Morgan fingerprint density at radius 3 is 2.62 bits per heavy atom. The van der Waals surface area contributed by atoms with Crippen molar-refractivity contribution in [3.63, 3.8) is 0 Å². The monoisotopic (exact) mass is 257 g/mol. The maximum absolute atomic E-state index is 11.7. The van der Waals surface area contributed by atoms with Crippen LogP contribution in [0.3, 0.4) is 0 Å². The molecule has 0 aromatic heterocycles. The van der Waals surface area contributed by atoms with E-state index in [4.69, 9.17) is 11.6 Å². The lowest BCUT2D eigenvalue weighted by Gasteiger charge is -2.17. The molecule has 0 aromatic carbocycles. The number of rotatable bonds is 8. The van der Waals surface area contributed by atoms with E-state index in [2.05, 4.69) is 4.74 Å². The number of ether oxygens (including phenoxy) is 1. The van der Waals surface area contributed by atoms with E-state index in [9.17, 15) is 13.6 Å². The number of halogens is 3. The Kier molecular flexibility index (Phi) is 8.47. The lowest BCUT2D eigenvalue weighted by atomic mass is 10.3. The first-order valence-electron chi connectivity index (χ1n) is 5.17. The van der Waals surface area contributed by atoms with Crippen LogP contribution in [0.1, 0.15) is 19.8 Å². The van der Waals surface area contributed by atoms with Crippen molar-refractivity contribution in [2.75, 3.05) is 26.8 Å². The average molecular weight is 258 g/mol. The van der Waals surface area contributed by atoms with Gasteiger partial charge in [-0.2, -0.15) is 0 Å². The van der Waals surface area contributed by atoms with Crippen LogP contribution >= 0.6 is 11.6 Å². The van der Waals surface area contributed by atoms with E-state index in [0.29, 0.717) is 13.0 Å². The van der Waals surface area contributed by atoms with Crippen molar-refractivity contribution in [3.05, 3.63) is 0 Å². The Morgan fingerprint density at radius 1 is 1.50 bits per heavy atom. The summed E-state index contributed by atoms with van der Waals surface area (Å²) in [4.78, 5) is 12.9. The first-order chi connectivity index (χ1) is 7.43. The third-order valence-corrected chi connectivity index (χ3v) is 2.21. The Labute approximate surface area is 99.7 Å². The van der Waals surface area contributed by atoms with Crippen LogP contribution in [0.25, 0.3) is 0 Å². The van der Waals surface area contributed by atoms with E-state index >= 15 is 0 Å². The minimum absolute atomic E-state index is 0.0188. The zero-order valence-electron chi connectivity index (χ0n) is 9.59. The van der Waals surface area contributed by atoms with Crippen LogP contribution in [0.15, 0.2) is 0 Å². The van der Waals surface area contributed by atoms with Crippen LogP contribution in [0.5, 0.6) is 0 Å². The van der Waals surface area contributed by atoms with Gasteiger partial charge in [0.05, 0.1) is 13.0 Å². The van der Waals surface area contributed by atoms with E-state index < -0.39 is 13.0 Å². The van der Waals surface area contributed by atoms with Gasteiger partial charge in [-0.25, -0.2) is 8.78 Å². The lowest BCUT2D eigenvalue weighted by Crippen LogP contribution is -2.29. The zero-order valence-corrected chi connectivity index (χ0v) is 10.3. The predicted molar refractivity (Wildman–Crippen MR) is 59.0 cm³/mol. The van der Waals surface area contributed by atoms with Crippen molar-refractivity contribution in [2.45, 2.75) is 31.6 Å². The molecule has 0 spiro atoms. The van der Waals surface area contributed by atoms with Crippen LogP contribution in [0.4, 0.5) is 8.78 Å². The van der Waals surface area contributed by atoms with E-state index in [1.165, 1.54) is 4.90 Å². The molecule has 0 saturated heterocycles. The van der Waals surface area contributed by atoms with Gasteiger partial charge in [0, 0.05) is 19.0 Å². The highest BCUT2D eigenvalue weighted by molar-refractivity contribution is 6.20. The summed E-state index contributed by atoms with van der Waals surface area (Å²) in [5.74, 6) is -0.119. The highest BCUT2D eigenvalue weighted by Gasteiger charge is 2.10. The van der Waals surface area contributed by atoms with Crippen LogP contribution in [0, 0.1) is 0 Å². The third-order valence-electron chi connectivity index (χ3n) is 1.99. The van der Waals surface area contributed by atoms with Gasteiger partial charge < -0.3 is 9.64 Å². The molecule has 0 rings (SSSR count). The summed E-state index contributed by atoms with van der Waals surface area (Å²) in [5, 5.41) is 0.0188. The normalized spacial score (nSPS) is 12.9. The van der Waals surface area contributed by atoms with Crippen LogP contribution in [-0.4, -0.2) is 49.4 Å². The zero-order chi connectivity index (χ0) is 12.6. The molecule has 6 heteroatoms. The fourth-order valence-corrected chi connectivity index (χ4v) is 1.12. The summed E-state index contributed by atoms with van der Waals surface area (Å²) < 4.78 is 28.0. The summed E-state index contributed by atoms with van der Waals surface area (Å²) in [6.07, 6.45) is -1.65. The number of hydrogen-bond donors (Lipinski definition) is 0. The Morgan fingerprint density at radius 2 is 2.12 bits per heavy atom. The molecular weight excluding hydrogens is 240 g/mol. The molecule has 16 heavy (non-hydrogen) atoms. The summed E-state index contributed by atoms with van der Waals surface area (Å²) >= 11 is 5.74. The summed E-state index contributed by atoms with van der Waals surface area (Å²) in [6, 6.07) is 0. The largest absolute Gasteiger partial charge is 0.375 e. The van der Waals surface area contributed by atoms with E-state index in [1.54, 1.807) is 7.05 Å². The van der Waals surface area contributed by atoms with Crippen molar-refractivity contribution in [3.8, 4) is 0 Å². The molecular formula is C10H18ClF2NO2. The number of alkyl halides is 3. The molecule has 0 aromatic rings. The number of carbonyl (C=O) groups is 1. The van der Waals surface area contributed by atoms with Gasteiger partial charge in [-0.05, 0) is 13.3 Å². The summed E-state index contributed by atoms with van der Waals surface area (Å²) in [6.45, 7) is 1.84. The Bertz CT molecular complexity index is 203. The predicted octanol–water partition coefficient (Wildman–Crippen LogP) is 2.13. The SMILES string of the molecule is CC(Cl)CCN(C)C(=O)CCOCC(F)F. The van der Waals surface area contributed by atoms with Gasteiger partial charge >= 0.3 is 0 Å². The molecule has 0 aliphatic carbocycles. The van der Waals surface area contributed by atoms with E-state index in [-0.39, 0.29) is 24.3 Å². The summed E-state index contributed by atoms with van der Waals surface area (Å²) in [7, 11) is 1.66. The second-order valence-electron chi connectivity index (χ2n) is 3.60. The smallest absolute Gasteiger partial charge is 0.261 e. The van der Waals surface area contributed by atoms with Crippen molar-refractivity contribution in [1.29, 1.82) is 0 Å². The molecule has 0 radical (unpaired) electrons. The van der Waals surface area contributed by atoms with Crippen molar-refractivity contribution in [2.24, 2.45) is 0 Å². The molecule has 3 nitrogen and oxygen atoms in total. The highest BCUT2D eigenvalue weighted by Crippen LogP contribution is 2.02. The molecule has 0 heterocycles. The van der Waals surface area contributed by atoms with Gasteiger partial charge in [0.2, 0.25) is 5.91 Å². The lowest BCUT2D eigenvalue weighted by molar-refractivity contribution is -0.131. The number of hydrogen-bond acceptors (Lipinski definition) is 2. The number of amides is 1. The standard InChI is InChI=1S/C10H18ClF2NO2/c1-8(11)3-5-14(2)10(15)4-6-16-7-9(12)13/h8-9H,3-7H2,1-2H3. The molecule has 0 N–H and O–H groups in total. The van der Waals surface area contributed by atoms with Gasteiger partial charge in [0.1, 0.15) is 6.61 Å². The molecule has 0 fully saturated rings. The van der Waals surface area contributed by atoms with Crippen molar-refractivity contribution >= 4 is 17.5 Å². The van der Waals surface area contributed by atoms with Gasteiger partial charge in [0.15, 0.2) is 0 Å². The van der Waals surface area contributed by atoms with Crippen LogP contribution in [0.2, 0.25) is 0 Å². The van der Waals surface area contributed by atoms with Gasteiger partial charge in [-0.1, -0.05) is 0 Å². The molecule has 0 saturated carbocycles. The van der Waals surface area contributed by atoms with Crippen molar-refractivity contribution < 1.29 is 18.3 Å². The van der Waals surface area contributed by atoms with Crippen LogP contribution in [-0.2, 0) is 9.53 Å². The molecule has 0 aliphatic rings. The Hall–Kier alpha value is -0.420. The maximum Gasteiger partial charge on any atom is 0.261 e. The van der Waals surface area contributed by atoms with Crippen molar-refractivity contribution in [1.82, 2.24) is 4.90 Å². The quantitative estimate of drug-likeness (QED) is 0.493. The van der Waals surface area contributed by atoms with Crippen LogP contribution < -0.4 is 0 Å². The molecule has 1 unspecified atom stereocenters. The number of carbonyl (C=O) groups excluding carboxylic acids is 1. The number of nitrogens with zero attached hydrogens (tertiary/aromatic N) is 1. The molecule has 0 aliphatic heterocycles. The highest BCUT2D eigenvalue weighted by atomic mass is 35.5. The molecule has 0 bridgehead atoms. The van der Waals surface area contributed by atoms with E-state index in [0.717, 1.165) is 0 Å². The minimum Gasteiger partial charge on any atom is -0.375 e. The van der Waals surface area contributed by atoms with Gasteiger partial charge in [-0.3, -0.25) is 4.79 Å². The average Bonchev–Trinajstić information content (AvgIpc) is 2.20. The molecule has 96 valence electrons. The minimum atomic E-state index is -2.48. The third kappa shape index (κ3) is 8.85. The Balaban J connectivity index is 3.55. The van der Waals surface area contributed by atoms with Gasteiger partial charge in [-0.15, -0.1) is 11.6 Å². The molecule has 1 atom stereocenters. The fourth-order valence-electron chi connectivity index (χ4n) is 1.02. The molecule has 1 amide bonds. The summed E-state index contributed by atoms with van der Waals surface area (Å²) in [5.41, 5.74) is 0. The topological polar surface area (TPSA) is 29.5 Å². The maximum atomic E-state index is 11.7. The second kappa shape index (κ2) is 8.70. The van der Waals surface area contributed by atoms with E-state index in [1.807, 2.05) is 6.92 Å². The van der Waals surface area contributed by atoms with Gasteiger partial charge in [0.25, 0.3) is 6.43 Å². The first kappa shape index (κ1) is 15.6. The fraction of sp³-hybridized carbons (Fsp3) is 0.900. The second-order valence-corrected chi connectivity index (χ2v) is 4.35. The first-order valence-corrected chi connectivity index (χ1v) is 5.61.